The molecule has 0 aliphatic carbocycles. The molecular formula is C25H33NO8. The predicted octanol–water partition coefficient (Wildman–Crippen LogP) is 3.82. The van der Waals surface area contributed by atoms with E-state index < -0.39 is 23.8 Å². The van der Waals surface area contributed by atoms with Gasteiger partial charge < -0.3 is 24.1 Å². The Hall–Kier alpha value is -3.49. The van der Waals surface area contributed by atoms with E-state index in [0.717, 1.165) is 12.8 Å². The van der Waals surface area contributed by atoms with Gasteiger partial charge in [0.25, 0.3) is 0 Å². The van der Waals surface area contributed by atoms with Crippen LogP contribution in [0.3, 0.4) is 0 Å². The summed E-state index contributed by atoms with van der Waals surface area (Å²) in [6.45, 7) is 4.33. The Morgan fingerprint density at radius 3 is 1.82 bits per heavy atom. The molecule has 0 saturated carbocycles. The van der Waals surface area contributed by atoms with Crippen LogP contribution in [0.1, 0.15) is 61.4 Å². The summed E-state index contributed by atoms with van der Waals surface area (Å²) in [5.74, 6) is -3.23. The number of carboxylic acid groups (broad SMARTS) is 1. The first-order chi connectivity index (χ1) is 16.3. The number of carbonyl (C=O) groups is 3. The molecule has 2 rings (SSSR count). The van der Waals surface area contributed by atoms with E-state index in [1.165, 1.54) is 31.3 Å². The molecule has 1 aromatic carbocycles. The third kappa shape index (κ3) is 5.89. The zero-order chi connectivity index (χ0) is 25.3. The Balaban J connectivity index is 2.73. The molecule has 1 aliphatic rings. The number of ether oxygens (including phenoxy) is 4. The van der Waals surface area contributed by atoms with E-state index in [1.54, 1.807) is 19.2 Å². The molecule has 1 aromatic rings. The van der Waals surface area contributed by atoms with Gasteiger partial charge in [0.05, 0.1) is 38.9 Å². The minimum atomic E-state index is -1.14. The van der Waals surface area contributed by atoms with Gasteiger partial charge in [-0.3, -0.25) is 4.90 Å². The largest absolute Gasteiger partial charge is 0.482 e. The summed E-state index contributed by atoms with van der Waals surface area (Å²) in [6, 6.07) is 6.04. The Labute approximate surface area is 199 Å². The quantitative estimate of drug-likeness (QED) is 0.356. The van der Waals surface area contributed by atoms with Crippen molar-refractivity contribution in [1.82, 2.24) is 4.90 Å². The Morgan fingerprint density at radius 1 is 0.912 bits per heavy atom. The standard InChI is InChI=1S/C25H33NO8/c1-6-8-13-33-24(29)19-18(16-11-10-12-17(15-16)23(27)28)20(25(30)34-14-9-7-2)22(32-5)26(3)21(19)31-4/h10-12,15,18H,6-9,13-14H2,1-5H3,(H,27,28). The summed E-state index contributed by atoms with van der Waals surface area (Å²) in [5.41, 5.74) is 0.521. The second-order valence-electron chi connectivity index (χ2n) is 7.75. The average Bonchev–Trinajstić information content (AvgIpc) is 2.83. The van der Waals surface area contributed by atoms with Crippen LogP contribution in [0.5, 0.6) is 0 Å². The van der Waals surface area contributed by atoms with Gasteiger partial charge in [-0.2, -0.15) is 0 Å². The lowest BCUT2D eigenvalue weighted by atomic mass is 9.81. The van der Waals surface area contributed by atoms with E-state index in [0.29, 0.717) is 18.4 Å². The maximum atomic E-state index is 13.3. The molecule has 1 heterocycles. The van der Waals surface area contributed by atoms with Crippen molar-refractivity contribution in [3.05, 3.63) is 58.3 Å². The second kappa shape index (κ2) is 12.7. The summed E-state index contributed by atoms with van der Waals surface area (Å²) in [7, 11) is 4.39. The summed E-state index contributed by atoms with van der Waals surface area (Å²) in [4.78, 5) is 39.7. The lowest BCUT2D eigenvalue weighted by molar-refractivity contribution is -0.141. The Bertz CT molecular complexity index is 917. The maximum absolute atomic E-state index is 13.3. The number of hydrogen-bond donors (Lipinski definition) is 1. The first kappa shape index (κ1) is 26.8. The number of esters is 2. The molecule has 0 radical (unpaired) electrons. The van der Waals surface area contributed by atoms with Crippen molar-refractivity contribution >= 4 is 17.9 Å². The molecular weight excluding hydrogens is 442 g/mol. The van der Waals surface area contributed by atoms with Gasteiger partial charge in [0.15, 0.2) is 0 Å². The van der Waals surface area contributed by atoms with E-state index >= 15 is 0 Å². The number of rotatable bonds is 12. The van der Waals surface area contributed by atoms with Gasteiger partial charge in [0, 0.05) is 7.05 Å². The minimum Gasteiger partial charge on any atom is -0.482 e. The molecule has 0 bridgehead atoms. The van der Waals surface area contributed by atoms with Crippen molar-refractivity contribution in [3.8, 4) is 0 Å². The number of nitrogens with zero attached hydrogens (tertiary/aromatic N) is 1. The van der Waals surface area contributed by atoms with E-state index in [2.05, 4.69) is 0 Å². The van der Waals surface area contributed by atoms with Crippen molar-refractivity contribution in [2.45, 2.75) is 45.4 Å². The highest BCUT2D eigenvalue weighted by atomic mass is 16.5. The van der Waals surface area contributed by atoms with Crippen LogP contribution in [0.4, 0.5) is 0 Å². The van der Waals surface area contributed by atoms with Crippen LogP contribution in [-0.2, 0) is 28.5 Å². The van der Waals surface area contributed by atoms with Crippen molar-refractivity contribution in [1.29, 1.82) is 0 Å². The van der Waals surface area contributed by atoms with Gasteiger partial charge in [-0.1, -0.05) is 38.8 Å². The normalized spacial score (nSPS) is 14.2. The SMILES string of the molecule is CCCCOC(=O)C1=C(OC)N(C)C(OC)=C(C(=O)OCCCC)C1c1cccc(C(=O)O)c1. The molecule has 0 fully saturated rings. The highest BCUT2D eigenvalue weighted by Gasteiger charge is 2.44. The fourth-order valence-electron chi connectivity index (χ4n) is 3.71. The van der Waals surface area contributed by atoms with Gasteiger partial charge in [-0.05, 0) is 30.5 Å². The summed E-state index contributed by atoms with van der Waals surface area (Å²) in [5, 5.41) is 9.52. The molecule has 9 nitrogen and oxygen atoms in total. The zero-order valence-corrected chi connectivity index (χ0v) is 20.4. The topological polar surface area (TPSA) is 112 Å². The lowest BCUT2D eigenvalue weighted by Gasteiger charge is -2.35. The van der Waals surface area contributed by atoms with E-state index in [4.69, 9.17) is 18.9 Å². The van der Waals surface area contributed by atoms with Crippen LogP contribution in [0, 0.1) is 0 Å². The van der Waals surface area contributed by atoms with Gasteiger partial charge in [-0.25, -0.2) is 14.4 Å². The number of unbranched alkanes of at least 4 members (excludes halogenated alkanes) is 2. The zero-order valence-electron chi connectivity index (χ0n) is 20.4. The molecule has 0 unspecified atom stereocenters. The van der Waals surface area contributed by atoms with Gasteiger partial charge >= 0.3 is 17.9 Å². The fourth-order valence-corrected chi connectivity index (χ4v) is 3.71. The van der Waals surface area contributed by atoms with Crippen molar-refractivity contribution in [2.75, 3.05) is 34.5 Å². The molecule has 0 amide bonds. The van der Waals surface area contributed by atoms with Crippen LogP contribution in [0.2, 0.25) is 0 Å². The Morgan fingerprint density at radius 2 is 1.41 bits per heavy atom. The number of benzene rings is 1. The van der Waals surface area contributed by atoms with Crippen molar-refractivity contribution in [3.63, 3.8) is 0 Å². The second-order valence-corrected chi connectivity index (χ2v) is 7.75. The van der Waals surface area contributed by atoms with E-state index in [1.807, 2.05) is 13.8 Å². The van der Waals surface area contributed by atoms with Crippen LogP contribution in [0.25, 0.3) is 0 Å². The first-order valence-corrected chi connectivity index (χ1v) is 11.3. The Kier molecular flexibility index (Phi) is 9.97. The van der Waals surface area contributed by atoms with E-state index in [9.17, 15) is 19.5 Å². The van der Waals surface area contributed by atoms with Crippen LogP contribution in [0.15, 0.2) is 47.2 Å². The summed E-state index contributed by atoms with van der Waals surface area (Å²) >= 11 is 0. The molecule has 186 valence electrons. The van der Waals surface area contributed by atoms with Crippen molar-refractivity contribution < 1.29 is 38.4 Å². The van der Waals surface area contributed by atoms with Gasteiger partial charge in [-0.15, -0.1) is 0 Å². The number of methoxy groups -OCH3 is 2. The molecule has 0 spiro atoms. The summed E-state index contributed by atoms with van der Waals surface area (Å²) < 4.78 is 22.1. The third-order valence-corrected chi connectivity index (χ3v) is 5.40. The molecule has 34 heavy (non-hydrogen) atoms. The first-order valence-electron chi connectivity index (χ1n) is 11.3. The van der Waals surface area contributed by atoms with Crippen LogP contribution >= 0.6 is 0 Å². The smallest absolute Gasteiger partial charge is 0.340 e. The highest BCUT2D eigenvalue weighted by Crippen LogP contribution is 2.43. The molecule has 1 aliphatic heterocycles. The van der Waals surface area contributed by atoms with E-state index in [-0.39, 0.29) is 41.7 Å². The highest BCUT2D eigenvalue weighted by molar-refractivity contribution is 6.00. The number of hydrogen-bond acceptors (Lipinski definition) is 8. The molecule has 9 heteroatoms. The molecule has 0 atom stereocenters. The number of carboxylic acids is 1. The van der Waals surface area contributed by atoms with Gasteiger partial charge in [0.1, 0.15) is 11.1 Å². The molecule has 0 saturated heterocycles. The van der Waals surface area contributed by atoms with Crippen LogP contribution < -0.4 is 0 Å². The molecule has 1 N–H and O–H groups in total. The molecule has 0 aromatic heterocycles. The maximum Gasteiger partial charge on any atom is 0.340 e. The average molecular weight is 476 g/mol. The minimum absolute atomic E-state index is 0.00626. The monoisotopic (exact) mass is 475 g/mol. The fraction of sp³-hybridized carbons (Fsp3) is 0.480. The summed E-state index contributed by atoms with van der Waals surface area (Å²) in [6.07, 6.45) is 3.00. The number of carbonyl (C=O) groups excluding carboxylic acids is 2. The van der Waals surface area contributed by atoms with Gasteiger partial charge in [0.2, 0.25) is 11.8 Å². The third-order valence-electron chi connectivity index (χ3n) is 5.40. The predicted molar refractivity (Wildman–Crippen MR) is 124 cm³/mol. The van der Waals surface area contributed by atoms with Crippen molar-refractivity contribution in [2.24, 2.45) is 0 Å². The lowest BCUT2D eigenvalue weighted by Crippen LogP contribution is -2.36. The number of aromatic carboxylic acids is 1. The van der Waals surface area contributed by atoms with Crippen LogP contribution in [-0.4, -0.2) is 62.4 Å².